The minimum Gasteiger partial charge on any atom is -0.507 e. The Morgan fingerprint density at radius 1 is 1.22 bits per heavy atom. The van der Waals surface area contributed by atoms with Crippen molar-refractivity contribution in [3.8, 4) is 5.75 Å². The highest BCUT2D eigenvalue weighted by Gasteiger charge is 2.13. The van der Waals surface area contributed by atoms with Gasteiger partial charge in [0.15, 0.2) is 0 Å². The van der Waals surface area contributed by atoms with Gasteiger partial charge in [0.1, 0.15) is 5.75 Å². The lowest BCUT2D eigenvalue weighted by Gasteiger charge is -2.15. The SMILES string of the molecule is CC(=O)Nc1cc(C(C)C)c(O)c2ccccc12. The van der Waals surface area contributed by atoms with E-state index >= 15 is 0 Å². The van der Waals surface area contributed by atoms with Crippen molar-refractivity contribution < 1.29 is 9.90 Å². The van der Waals surface area contributed by atoms with E-state index in [1.807, 2.05) is 44.2 Å². The van der Waals surface area contributed by atoms with Gasteiger partial charge in [-0.05, 0) is 17.5 Å². The molecule has 2 aromatic carbocycles. The van der Waals surface area contributed by atoms with Crippen LogP contribution in [-0.4, -0.2) is 11.0 Å². The van der Waals surface area contributed by atoms with Gasteiger partial charge in [-0.15, -0.1) is 0 Å². The number of rotatable bonds is 2. The zero-order valence-corrected chi connectivity index (χ0v) is 10.8. The number of benzene rings is 2. The summed E-state index contributed by atoms with van der Waals surface area (Å²) in [5, 5.41) is 14.7. The van der Waals surface area contributed by atoms with Crippen molar-refractivity contribution in [3.05, 3.63) is 35.9 Å². The van der Waals surface area contributed by atoms with Crippen molar-refractivity contribution in [1.82, 2.24) is 0 Å². The first kappa shape index (κ1) is 12.4. The molecule has 0 spiro atoms. The van der Waals surface area contributed by atoms with Crippen LogP contribution in [0.1, 0.15) is 32.3 Å². The van der Waals surface area contributed by atoms with Crippen LogP contribution in [0.2, 0.25) is 0 Å². The average Bonchev–Trinajstić information content (AvgIpc) is 2.32. The van der Waals surface area contributed by atoms with Crippen LogP contribution in [0.15, 0.2) is 30.3 Å². The molecule has 0 saturated carbocycles. The Morgan fingerprint density at radius 3 is 2.39 bits per heavy atom. The molecule has 2 aromatic rings. The lowest BCUT2D eigenvalue weighted by Crippen LogP contribution is -2.07. The molecule has 0 aliphatic rings. The van der Waals surface area contributed by atoms with Gasteiger partial charge in [-0.25, -0.2) is 0 Å². The molecule has 3 heteroatoms. The van der Waals surface area contributed by atoms with E-state index in [9.17, 15) is 9.90 Å². The van der Waals surface area contributed by atoms with Crippen LogP contribution < -0.4 is 5.32 Å². The second-order valence-electron chi connectivity index (χ2n) is 4.74. The minimum absolute atomic E-state index is 0.111. The van der Waals surface area contributed by atoms with Gasteiger partial charge in [-0.3, -0.25) is 4.79 Å². The van der Waals surface area contributed by atoms with Crippen molar-refractivity contribution in [2.45, 2.75) is 26.7 Å². The van der Waals surface area contributed by atoms with E-state index in [0.29, 0.717) is 5.75 Å². The summed E-state index contributed by atoms with van der Waals surface area (Å²) in [5.41, 5.74) is 1.59. The lowest BCUT2D eigenvalue weighted by atomic mass is 9.96. The molecule has 0 atom stereocenters. The topological polar surface area (TPSA) is 49.3 Å². The van der Waals surface area contributed by atoms with Gasteiger partial charge in [-0.2, -0.15) is 0 Å². The molecule has 0 aliphatic carbocycles. The smallest absolute Gasteiger partial charge is 0.221 e. The van der Waals surface area contributed by atoms with Crippen LogP contribution in [-0.2, 0) is 4.79 Å². The Bertz CT molecular complexity index is 603. The van der Waals surface area contributed by atoms with Crippen LogP contribution >= 0.6 is 0 Å². The van der Waals surface area contributed by atoms with Crippen LogP contribution in [0.3, 0.4) is 0 Å². The predicted molar refractivity (Wildman–Crippen MR) is 74.0 cm³/mol. The molecule has 0 unspecified atom stereocenters. The molecule has 94 valence electrons. The summed E-state index contributed by atoms with van der Waals surface area (Å²) < 4.78 is 0. The fourth-order valence-corrected chi connectivity index (χ4v) is 2.11. The van der Waals surface area contributed by atoms with Gasteiger partial charge in [0.25, 0.3) is 0 Å². The molecule has 0 saturated heterocycles. The van der Waals surface area contributed by atoms with E-state index in [0.717, 1.165) is 22.0 Å². The van der Waals surface area contributed by atoms with E-state index in [4.69, 9.17) is 0 Å². The quantitative estimate of drug-likeness (QED) is 0.791. The van der Waals surface area contributed by atoms with Crippen molar-refractivity contribution in [2.24, 2.45) is 0 Å². The summed E-state index contributed by atoms with van der Waals surface area (Å²) in [5.74, 6) is 0.386. The zero-order valence-electron chi connectivity index (χ0n) is 10.8. The summed E-state index contributed by atoms with van der Waals surface area (Å²) in [6, 6.07) is 9.38. The first-order chi connectivity index (χ1) is 8.50. The lowest BCUT2D eigenvalue weighted by molar-refractivity contribution is -0.114. The zero-order chi connectivity index (χ0) is 13.3. The van der Waals surface area contributed by atoms with Gasteiger partial charge >= 0.3 is 0 Å². The van der Waals surface area contributed by atoms with Gasteiger partial charge in [0.05, 0.1) is 0 Å². The fraction of sp³-hybridized carbons (Fsp3) is 0.267. The Labute approximate surface area is 106 Å². The summed E-state index contributed by atoms with van der Waals surface area (Å²) in [7, 11) is 0. The maximum atomic E-state index is 11.2. The third kappa shape index (κ3) is 2.16. The Hall–Kier alpha value is -2.03. The van der Waals surface area contributed by atoms with Crippen molar-refractivity contribution in [3.63, 3.8) is 0 Å². The molecule has 0 bridgehead atoms. The first-order valence-electron chi connectivity index (χ1n) is 6.03. The predicted octanol–water partition coefficient (Wildman–Crippen LogP) is 3.63. The second kappa shape index (κ2) is 4.69. The number of phenols is 1. The van der Waals surface area contributed by atoms with Gasteiger partial charge < -0.3 is 10.4 Å². The largest absolute Gasteiger partial charge is 0.507 e. The van der Waals surface area contributed by atoms with Crippen LogP contribution in [0.5, 0.6) is 5.75 Å². The molecule has 1 amide bonds. The Balaban J connectivity index is 2.75. The fourth-order valence-electron chi connectivity index (χ4n) is 2.11. The van der Waals surface area contributed by atoms with Crippen LogP contribution in [0.25, 0.3) is 10.8 Å². The summed E-state index contributed by atoms with van der Waals surface area (Å²) in [6.07, 6.45) is 0. The van der Waals surface area contributed by atoms with E-state index in [-0.39, 0.29) is 11.8 Å². The number of hydrogen-bond donors (Lipinski definition) is 2. The molecular formula is C15H17NO2. The van der Waals surface area contributed by atoms with Crippen LogP contribution in [0, 0.1) is 0 Å². The van der Waals surface area contributed by atoms with Gasteiger partial charge in [0, 0.05) is 23.4 Å². The van der Waals surface area contributed by atoms with Crippen molar-refractivity contribution >= 4 is 22.4 Å². The van der Waals surface area contributed by atoms with E-state index < -0.39 is 0 Å². The Kier molecular flexibility index (Phi) is 3.24. The molecule has 2 rings (SSSR count). The number of aromatic hydroxyl groups is 1. The molecule has 0 fully saturated rings. The molecule has 0 aliphatic heterocycles. The van der Waals surface area contributed by atoms with E-state index in [1.165, 1.54) is 6.92 Å². The number of nitrogens with one attached hydrogen (secondary N) is 1. The maximum absolute atomic E-state index is 11.2. The monoisotopic (exact) mass is 243 g/mol. The molecule has 0 radical (unpaired) electrons. The van der Waals surface area contributed by atoms with E-state index in [2.05, 4.69) is 5.32 Å². The number of hydrogen-bond acceptors (Lipinski definition) is 2. The average molecular weight is 243 g/mol. The summed E-state index contributed by atoms with van der Waals surface area (Å²) in [6.45, 7) is 5.51. The molecule has 18 heavy (non-hydrogen) atoms. The molecule has 2 N–H and O–H groups in total. The van der Waals surface area contributed by atoms with Crippen molar-refractivity contribution in [1.29, 1.82) is 0 Å². The first-order valence-corrected chi connectivity index (χ1v) is 6.03. The summed E-state index contributed by atoms with van der Waals surface area (Å²) in [4.78, 5) is 11.2. The van der Waals surface area contributed by atoms with Gasteiger partial charge in [-0.1, -0.05) is 38.1 Å². The molecule has 0 heterocycles. The Morgan fingerprint density at radius 2 is 1.83 bits per heavy atom. The molecule has 3 nitrogen and oxygen atoms in total. The minimum atomic E-state index is -0.111. The number of amides is 1. The highest BCUT2D eigenvalue weighted by Crippen LogP contribution is 2.37. The van der Waals surface area contributed by atoms with E-state index in [1.54, 1.807) is 0 Å². The third-order valence-electron chi connectivity index (χ3n) is 2.98. The normalized spacial score (nSPS) is 10.9. The number of carbonyl (C=O) groups is 1. The second-order valence-corrected chi connectivity index (χ2v) is 4.74. The van der Waals surface area contributed by atoms with Crippen LogP contribution in [0.4, 0.5) is 5.69 Å². The summed E-state index contributed by atoms with van der Waals surface area (Å²) >= 11 is 0. The number of carbonyl (C=O) groups excluding carboxylic acids is 1. The maximum Gasteiger partial charge on any atom is 0.221 e. The van der Waals surface area contributed by atoms with Gasteiger partial charge in [0.2, 0.25) is 5.91 Å². The molecule has 0 aromatic heterocycles. The standard InChI is InChI=1S/C15H17NO2/c1-9(2)13-8-14(16-10(3)17)11-6-4-5-7-12(11)15(13)18/h4-9,18H,1-3H3,(H,16,17). The number of phenolic OH excluding ortho intramolecular Hbond substituents is 1. The number of fused-ring (bicyclic) bond motifs is 1. The number of anilines is 1. The third-order valence-corrected chi connectivity index (χ3v) is 2.98. The highest BCUT2D eigenvalue weighted by molar-refractivity contribution is 6.04. The molecular weight excluding hydrogens is 226 g/mol. The van der Waals surface area contributed by atoms with Crippen molar-refractivity contribution in [2.75, 3.05) is 5.32 Å². The highest BCUT2D eigenvalue weighted by atomic mass is 16.3.